The van der Waals surface area contributed by atoms with Crippen LogP contribution in [0.15, 0.2) is 27.1 Å². The molecule has 0 radical (unpaired) electrons. The van der Waals surface area contributed by atoms with Crippen LogP contribution in [-0.4, -0.2) is 12.0 Å². The van der Waals surface area contributed by atoms with E-state index in [4.69, 9.17) is 10.5 Å². The lowest BCUT2D eigenvalue weighted by atomic mass is 10.2. The monoisotopic (exact) mass is 335 g/mol. The van der Waals surface area contributed by atoms with Crippen molar-refractivity contribution in [1.82, 2.24) is 0 Å². The molecule has 1 amide bonds. The largest absolute Gasteiger partial charge is 0.479 e. The molecule has 1 unspecified atom stereocenters. The lowest BCUT2D eigenvalue weighted by molar-refractivity contribution is -0.124. The van der Waals surface area contributed by atoms with Crippen LogP contribution < -0.4 is 10.5 Å². The predicted molar refractivity (Wildman–Crippen MR) is 65.7 cm³/mol. The van der Waals surface area contributed by atoms with Crippen LogP contribution in [0.1, 0.15) is 13.3 Å². The highest BCUT2D eigenvalue weighted by atomic mass is 79.9. The van der Waals surface area contributed by atoms with Gasteiger partial charge in [0.05, 0.1) is 4.47 Å². The SMILES string of the molecule is CCC(Oc1ccc(Br)cc1Br)C(N)=O. The van der Waals surface area contributed by atoms with E-state index in [-0.39, 0.29) is 0 Å². The van der Waals surface area contributed by atoms with Crippen molar-refractivity contribution in [3.05, 3.63) is 27.1 Å². The second-order valence-electron chi connectivity index (χ2n) is 2.99. The molecule has 0 aliphatic carbocycles. The maximum absolute atomic E-state index is 11.0. The first-order chi connectivity index (χ1) is 7.04. The van der Waals surface area contributed by atoms with Gasteiger partial charge in [0.1, 0.15) is 5.75 Å². The summed E-state index contributed by atoms with van der Waals surface area (Å²) >= 11 is 6.68. The highest BCUT2D eigenvalue weighted by Crippen LogP contribution is 2.29. The van der Waals surface area contributed by atoms with Crippen molar-refractivity contribution >= 4 is 37.8 Å². The minimum atomic E-state index is -0.581. The zero-order valence-electron chi connectivity index (χ0n) is 8.17. The number of primary amides is 1. The Morgan fingerprint density at radius 3 is 2.67 bits per heavy atom. The maximum atomic E-state index is 11.0. The van der Waals surface area contributed by atoms with Crippen LogP contribution in [0.4, 0.5) is 0 Å². The third kappa shape index (κ3) is 3.50. The number of hydrogen-bond acceptors (Lipinski definition) is 2. The highest BCUT2D eigenvalue weighted by Gasteiger charge is 2.15. The van der Waals surface area contributed by atoms with E-state index in [0.717, 1.165) is 8.95 Å². The molecule has 0 aliphatic rings. The van der Waals surface area contributed by atoms with Crippen LogP contribution in [0, 0.1) is 0 Å². The predicted octanol–water partition coefficient (Wildman–Crippen LogP) is 2.85. The van der Waals surface area contributed by atoms with E-state index >= 15 is 0 Å². The van der Waals surface area contributed by atoms with Crippen molar-refractivity contribution in [2.24, 2.45) is 5.73 Å². The zero-order valence-corrected chi connectivity index (χ0v) is 11.3. The van der Waals surface area contributed by atoms with Gasteiger partial charge in [0.25, 0.3) is 5.91 Å². The molecule has 1 atom stereocenters. The van der Waals surface area contributed by atoms with Gasteiger partial charge < -0.3 is 10.5 Å². The Hall–Kier alpha value is -0.550. The number of ether oxygens (including phenoxy) is 1. The number of hydrogen-bond donors (Lipinski definition) is 1. The molecule has 0 fully saturated rings. The van der Waals surface area contributed by atoms with Gasteiger partial charge in [-0.15, -0.1) is 0 Å². The number of benzene rings is 1. The molecule has 0 aromatic heterocycles. The summed E-state index contributed by atoms with van der Waals surface area (Å²) in [5.41, 5.74) is 5.19. The van der Waals surface area contributed by atoms with Gasteiger partial charge in [-0.2, -0.15) is 0 Å². The molecular formula is C10H11Br2NO2. The average molecular weight is 337 g/mol. The van der Waals surface area contributed by atoms with Crippen molar-refractivity contribution < 1.29 is 9.53 Å². The standard InChI is InChI=1S/C10H11Br2NO2/c1-2-8(10(13)14)15-9-4-3-6(11)5-7(9)12/h3-5,8H,2H2,1H3,(H2,13,14). The molecule has 0 spiro atoms. The number of carbonyl (C=O) groups excluding carboxylic acids is 1. The molecule has 0 aliphatic heterocycles. The molecule has 82 valence electrons. The summed E-state index contributed by atoms with van der Waals surface area (Å²) in [6.07, 6.45) is -0.0276. The fourth-order valence-corrected chi connectivity index (χ4v) is 2.21. The summed E-state index contributed by atoms with van der Waals surface area (Å²) < 4.78 is 7.20. The van der Waals surface area contributed by atoms with Gasteiger partial charge in [0, 0.05) is 4.47 Å². The quantitative estimate of drug-likeness (QED) is 0.919. The normalized spacial score (nSPS) is 12.2. The van der Waals surface area contributed by atoms with Gasteiger partial charge in [-0.05, 0) is 40.5 Å². The van der Waals surface area contributed by atoms with Crippen LogP contribution in [0.25, 0.3) is 0 Å². The van der Waals surface area contributed by atoms with Gasteiger partial charge >= 0.3 is 0 Å². The van der Waals surface area contributed by atoms with Crippen molar-refractivity contribution in [2.75, 3.05) is 0 Å². The summed E-state index contributed by atoms with van der Waals surface area (Å²) in [7, 11) is 0. The van der Waals surface area contributed by atoms with E-state index in [1.165, 1.54) is 0 Å². The molecule has 15 heavy (non-hydrogen) atoms. The molecule has 1 rings (SSSR count). The Kier molecular flexibility index (Phi) is 4.60. The van der Waals surface area contributed by atoms with Gasteiger partial charge in [-0.3, -0.25) is 4.79 Å². The Bertz CT molecular complexity index is 368. The number of carbonyl (C=O) groups is 1. The van der Waals surface area contributed by atoms with Gasteiger partial charge in [-0.25, -0.2) is 0 Å². The van der Waals surface area contributed by atoms with Crippen LogP contribution in [0.3, 0.4) is 0 Å². The molecule has 1 aromatic carbocycles. The first-order valence-corrected chi connectivity index (χ1v) is 6.04. The third-order valence-electron chi connectivity index (χ3n) is 1.85. The third-order valence-corrected chi connectivity index (χ3v) is 2.96. The molecule has 3 nitrogen and oxygen atoms in total. The molecule has 5 heteroatoms. The Labute approximate surface area is 105 Å². The summed E-state index contributed by atoms with van der Waals surface area (Å²) in [4.78, 5) is 11.0. The Balaban J connectivity index is 2.84. The molecule has 1 aromatic rings. The van der Waals surface area contributed by atoms with E-state index in [1.54, 1.807) is 6.07 Å². The van der Waals surface area contributed by atoms with E-state index in [0.29, 0.717) is 12.2 Å². The smallest absolute Gasteiger partial charge is 0.258 e. The first kappa shape index (κ1) is 12.5. The topological polar surface area (TPSA) is 52.3 Å². The zero-order chi connectivity index (χ0) is 11.4. The summed E-state index contributed by atoms with van der Waals surface area (Å²) in [5.74, 6) is 0.163. The average Bonchev–Trinajstić information content (AvgIpc) is 2.16. The minimum absolute atomic E-state index is 0.452. The van der Waals surface area contributed by atoms with Gasteiger partial charge in [0.2, 0.25) is 0 Å². The summed E-state index contributed by atoms with van der Waals surface area (Å²) in [5, 5.41) is 0. The summed E-state index contributed by atoms with van der Waals surface area (Å²) in [6, 6.07) is 5.47. The molecule has 0 bridgehead atoms. The second kappa shape index (κ2) is 5.51. The van der Waals surface area contributed by atoms with Crippen molar-refractivity contribution in [1.29, 1.82) is 0 Å². The maximum Gasteiger partial charge on any atom is 0.258 e. The van der Waals surface area contributed by atoms with Crippen LogP contribution in [-0.2, 0) is 4.79 Å². The fraction of sp³-hybridized carbons (Fsp3) is 0.300. The summed E-state index contributed by atoms with van der Waals surface area (Å²) in [6.45, 7) is 1.85. The first-order valence-electron chi connectivity index (χ1n) is 4.45. The fourth-order valence-electron chi connectivity index (χ4n) is 1.07. The Morgan fingerprint density at radius 2 is 2.20 bits per heavy atom. The number of amides is 1. The number of halogens is 2. The molecular weight excluding hydrogens is 326 g/mol. The van der Waals surface area contributed by atoms with E-state index in [2.05, 4.69) is 31.9 Å². The van der Waals surface area contributed by atoms with Crippen molar-refractivity contribution in [3.8, 4) is 5.75 Å². The lowest BCUT2D eigenvalue weighted by Gasteiger charge is -2.15. The molecule has 0 saturated heterocycles. The lowest BCUT2D eigenvalue weighted by Crippen LogP contribution is -2.33. The minimum Gasteiger partial charge on any atom is -0.479 e. The van der Waals surface area contributed by atoms with Crippen LogP contribution in [0.2, 0.25) is 0 Å². The molecule has 0 heterocycles. The Morgan fingerprint density at radius 1 is 1.53 bits per heavy atom. The number of nitrogens with two attached hydrogens (primary N) is 1. The highest BCUT2D eigenvalue weighted by molar-refractivity contribution is 9.11. The van der Waals surface area contributed by atoms with Crippen LogP contribution in [0.5, 0.6) is 5.75 Å². The van der Waals surface area contributed by atoms with E-state index in [1.807, 2.05) is 19.1 Å². The van der Waals surface area contributed by atoms with E-state index < -0.39 is 12.0 Å². The van der Waals surface area contributed by atoms with Gasteiger partial charge in [-0.1, -0.05) is 22.9 Å². The van der Waals surface area contributed by atoms with Crippen molar-refractivity contribution in [2.45, 2.75) is 19.4 Å². The molecule has 0 saturated carbocycles. The van der Waals surface area contributed by atoms with Crippen molar-refractivity contribution in [3.63, 3.8) is 0 Å². The molecule has 2 N–H and O–H groups in total. The second-order valence-corrected chi connectivity index (χ2v) is 4.76. The number of rotatable bonds is 4. The van der Waals surface area contributed by atoms with Crippen LogP contribution >= 0.6 is 31.9 Å². The van der Waals surface area contributed by atoms with E-state index in [9.17, 15) is 4.79 Å². The van der Waals surface area contributed by atoms with Gasteiger partial charge in [0.15, 0.2) is 6.10 Å².